The number of methoxy groups -OCH3 is 1. The summed E-state index contributed by atoms with van der Waals surface area (Å²) in [6.07, 6.45) is 0.697. The molecule has 4 nitrogen and oxygen atoms in total. The Kier molecular flexibility index (Phi) is 4.86. The summed E-state index contributed by atoms with van der Waals surface area (Å²) in [5, 5.41) is 0. The van der Waals surface area contributed by atoms with Crippen LogP contribution in [0, 0.1) is 0 Å². The van der Waals surface area contributed by atoms with Gasteiger partial charge in [0.05, 0.1) is 17.5 Å². The van der Waals surface area contributed by atoms with E-state index in [4.69, 9.17) is 4.74 Å². The van der Waals surface area contributed by atoms with Gasteiger partial charge in [0.1, 0.15) is 0 Å². The lowest BCUT2D eigenvalue weighted by atomic mass is 10.0. The van der Waals surface area contributed by atoms with Crippen LogP contribution in [0.4, 0.5) is 16.2 Å². The van der Waals surface area contributed by atoms with Crippen molar-refractivity contribution in [2.45, 2.75) is 26.4 Å². The minimum atomic E-state index is -0.0585. The molecule has 1 atom stereocenters. The van der Waals surface area contributed by atoms with E-state index in [2.05, 4.69) is 12.1 Å². The van der Waals surface area contributed by atoms with Gasteiger partial charge in [-0.1, -0.05) is 36.4 Å². The third-order valence-corrected chi connectivity index (χ3v) is 4.67. The number of carbonyl (C=O) groups excluding carboxylic acids is 1. The molecule has 0 spiro atoms. The molecule has 24 heavy (non-hydrogen) atoms. The van der Waals surface area contributed by atoms with Crippen LogP contribution in [0.15, 0.2) is 48.5 Å². The molecule has 0 bridgehead atoms. The number of benzene rings is 2. The third-order valence-electron chi connectivity index (χ3n) is 4.67. The zero-order valence-corrected chi connectivity index (χ0v) is 14.5. The van der Waals surface area contributed by atoms with Crippen LogP contribution in [0.2, 0.25) is 0 Å². The predicted octanol–water partition coefficient (Wildman–Crippen LogP) is 4.53. The zero-order chi connectivity index (χ0) is 17.1. The smallest absolute Gasteiger partial charge is 0.329 e. The first-order valence-electron chi connectivity index (χ1n) is 8.49. The Labute approximate surface area is 143 Å². The van der Waals surface area contributed by atoms with Crippen LogP contribution in [-0.2, 0) is 11.2 Å². The van der Waals surface area contributed by atoms with Crippen LogP contribution in [0.25, 0.3) is 0 Å². The van der Waals surface area contributed by atoms with Gasteiger partial charge in [-0.2, -0.15) is 0 Å². The average molecular weight is 324 g/mol. The Morgan fingerprint density at radius 2 is 1.71 bits per heavy atom. The average Bonchev–Trinajstić information content (AvgIpc) is 2.76. The summed E-state index contributed by atoms with van der Waals surface area (Å²) in [6.45, 7) is 5.39. The van der Waals surface area contributed by atoms with E-state index >= 15 is 0 Å². The number of urea groups is 1. The van der Waals surface area contributed by atoms with E-state index in [1.165, 1.54) is 0 Å². The monoisotopic (exact) mass is 324 g/mol. The topological polar surface area (TPSA) is 32.8 Å². The highest BCUT2D eigenvalue weighted by atomic mass is 16.5. The van der Waals surface area contributed by atoms with Crippen molar-refractivity contribution in [2.24, 2.45) is 0 Å². The molecular weight excluding hydrogens is 300 g/mol. The van der Waals surface area contributed by atoms with Gasteiger partial charge in [-0.05, 0) is 31.5 Å². The third kappa shape index (κ3) is 2.78. The maximum Gasteiger partial charge on any atom is 0.329 e. The number of ether oxygens (including phenoxy) is 1. The van der Waals surface area contributed by atoms with E-state index in [1.54, 1.807) is 7.11 Å². The van der Waals surface area contributed by atoms with E-state index in [9.17, 15) is 4.79 Å². The van der Waals surface area contributed by atoms with E-state index in [0.717, 1.165) is 28.9 Å². The number of rotatable bonds is 3. The van der Waals surface area contributed by atoms with E-state index < -0.39 is 0 Å². The van der Waals surface area contributed by atoms with Gasteiger partial charge in [0, 0.05) is 32.2 Å². The lowest BCUT2D eigenvalue weighted by molar-refractivity contribution is 0.105. The van der Waals surface area contributed by atoms with E-state index in [0.29, 0.717) is 13.1 Å². The maximum atomic E-state index is 13.2. The molecule has 0 saturated carbocycles. The first-order chi connectivity index (χ1) is 11.7. The number of nitrogens with zero attached hydrogens (tertiary/aromatic N) is 2. The fraction of sp³-hybridized carbons (Fsp3) is 0.350. The molecule has 1 aliphatic heterocycles. The van der Waals surface area contributed by atoms with Gasteiger partial charge < -0.3 is 9.64 Å². The minimum Gasteiger partial charge on any atom is -0.376 e. The molecule has 0 N–H and O–H groups in total. The molecule has 2 amide bonds. The van der Waals surface area contributed by atoms with Crippen LogP contribution in [0.5, 0.6) is 0 Å². The predicted molar refractivity (Wildman–Crippen MR) is 96.8 cm³/mol. The highest BCUT2D eigenvalue weighted by Gasteiger charge is 2.31. The summed E-state index contributed by atoms with van der Waals surface area (Å²) >= 11 is 0. The first-order valence-corrected chi connectivity index (χ1v) is 8.49. The highest BCUT2D eigenvalue weighted by molar-refractivity contribution is 6.01. The normalized spacial score (nSPS) is 16.1. The standard InChI is InChI=1S/C20H24N2O2/c1-4-21(5-2)20(23)22-17-12-8-6-10-15(17)14-19(24-3)16-11-7-9-13-18(16)22/h6-13,19H,4-5,14H2,1-3H3/t19-/m1/s1. The van der Waals surface area contributed by atoms with Crippen molar-refractivity contribution in [3.05, 3.63) is 59.7 Å². The summed E-state index contributed by atoms with van der Waals surface area (Å²) in [6, 6.07) is 16.1. The molecule has 1 aliphatic rings. The summed E-state index contributed by atoms with van der Waals surface area (Å²) in [4.78, 5) is 16.9. The number of anilines is 2. The molecule has 2 aromatic rings. The van der Waals surface area contributed by atoms with Crippen molar-refractivity contribution in [1.82, 2.24) is 4.90 Å². The van der Waals surface area contributed by atoms with E-state index in [1.807, 2.05) is 60.0 Å². The number of hydrogen-bond donors (Lipinski definition) is 0. The SMILES string of the molecule is CCN(CC)C(=O)N1c2ccccc2C[C@@H](OC)c2ccccc21. The summed E-state index contributed by atoms with van der Waals surface area (Å²) in [5.41, 5.74) is 4.03. The van der Waals surface area contributed by atoms with Gasteiger partial charge >= 0.3 is 6.03 Å². The Hall–Kier alpha value is -2.33. The summed E-state index contributed by atoms with van der Waals surface area (Å²) in [7, 11) is 1.73. The van der Waals surface area contributed by atoms with Crippen molar-refractivity contribution in [1.29, 1.82) is 0 Å². The number of hydrogen-bond acceptors (Lipinski definition) is 2. The number of para-hydroxylation sites is 2. The Morgan fingerprint density at radius 3 is 2.38 bits per heavy atom. The molecule has 1 heterocycles. The van der Waals surface area contributed by atoms with Crippen LogP contribution in [0.1, 0.15) is 31.1 Å². The molecule has 4 heteroatoms. The maximum absolute atomic E-state index is 13.2. The van der Waals surface area contributed by atoms with E-state index in [-0.39, 0.29) is 12.1 Å². The molecule has 0 fully saturated rings. The Bertz CT molecular complexity index is 725. The molecule has 2 aromatic carbocycles. The second-order valence-corrected chi connectivity index (χ2v) is 5.91. The number of amides is 2. The number of fused-ring (bicyclic) bond motifs is 2. The quantitative estimate of drug-likeness (QED) is 0.831. The Balaban J connectivity index is 2.21. The second kappa shape index (κ2) is 7.05. The molecule has 126 valence electrons. The molecular formula is C20H24N2O2. The lowest BCUT2D eigenvalue weighted by Crippen LogP contribution is -2.41. The minimum absolute atomic E-state index is 0.0108. The molecule has 3 rings (SSSR count). The van der Waals surface area contributed by atoms with Gasteiger partial charge in [0.2, 0.25) is 0 Å². The fourth-order valence-corrected chi connectivity index (χ4v) is 3.36. The Morgan fingerprint density at radius 1 is 1.08 bits per heavy atom. The van der Waals surface area contributed by atoms with Gasteiger partial charge in [0.15, 0.2) is 0 Å². The van der Waals surface area contributed by atoms with Crippen molar-refractivity contribution in [3.8, 4) is 0 Å². The van der Waals surface area contributed by atoms with Gasteiger partial charge in [-0.15, -0.1) is 0 Å². The van der Waals surface area contributed by atoms with Crippen LogP contribution < -0.4 is 4.90 Å². The van der Waals surface area contributed by atoms with Crippen molar-refractivity contribution < 1.29 is 9.53 Å². The van der Waals surface area contributed by atoms with Crippen molar-refractivity contribution in [3.63, 3.8) is 0 Å². The summed E-state index contributed by atoms with van der Waals surface area (Å²) in [5.74, 6) is 0. The summed E-state index contributed by atoms with van der Waals surface area (Å²) < 4.78 is 5.74. The second-order valence-electron chi connectivity index (χ2n) is 5.91. The molecule has 0 saturated heterocycles. The largest absolute Gasteiger partial charge is 0.376 e. The van der Waals surface area contributed by atoms with Crippen molar-refractivity contribution in [2.75, 3.05) is 25.1 Å². The fourth-order valence-electron chi connectivity index (χ4n) is 3.36. The molecule has 0 radical (unpaired) electrons. The van der Waals surface area contributed by atoms with Crippen molar-refractivity contribution >= 4 is 17.4 Å². The highest BCUT2D eigenvalue weighted by Crippen LogP contribution is 2.41. The van der Waals surface area contributed by atoms with Gasteiger partial charge in [-0.25, -0.2) is 4.79 Å². The lowest BCUT2D eigenvalue weighted by Gasteiger charge is -2.30. The van der Waals surface area contributed by atoms with Gasteiger partial charge in [-0.3, -0.25) is 4.90 Å². The molecule has 0 aliphatic carbocycles. The van der Waals surface area contributed by atoms with Crippen LogP contribution >= 0.6 is 0 Å². The van der Waals surface area contributed by atoms with Gasteiger partial charge in [0.25, 0.3) is 0 Å². The van der Waals surface area contributed by atoms with Crippen LogP contribution in [-0.4, -0.2) is 31.1 Å². The molecule has 0 unspecified atom stereocenters. The van der Waals surface area contributed by atoms with Crippen LogP contribution in [0.3, 0.4) is 0 Å². The molecule has 0 aromatic heterocycles. The zero-order valence-electron chi connectivity index (χ0n) is 14.5. The first kappa shape index (κ1) is 16.5. The number of carbonyl (C=O) groups is 1.